The molecular weight excluding hydrogens is 266 g/mol. The van der Waals surface area contributed by atoms with Gasteiger partial charge in [0.1, 0.15) is 12.1 Å². The lowest BCUT2D eigenvalue weighted by molar-refractivity contribution is -0.151. The molecule has 21 heavy (non-hydrogen) atoms. The Labute approximate surface area is 125 Å². The zero-order chi connectivity index (χ0) is 15.6. The van der Waals surface area contributed by atoms with Crippen molar-refractivity contribution in [3.8, 4) is 0 Å². The predicted molar refractivity (Wildman–Crippen MR) is 80.4 cm³/mol. The smallest absolute Gasteiger partial charge is 0.246 e. The van der Waals surface area contributed by atoms with E-state index >= 15 is 0 Å². The van der Waals surface area contributed by atoms with Crippen LogP contribution in [0.3, 0.4) is 0 Å². The van der Waals surface area contributed by atoms with Gasteiger partial charge in [-0.15, -0.1) is 0 Å². The molecule has 0 radical (unpaired) electrons. The summed E-state index contributed by atoms with van der Waals surface area (Å²) in [7, 11) is 0. The van der Waals surface area contributed by atoms with E-state index in [1.54, 1.807) is 17.3 Å². The molecule has 2 heterocycles. The van der Waals surface area contributed by atoms with Crippen molar-refractivity contribution in [2.24, 2.45) is 5.92 Å². The van der Waals surface area contributed by atoms with Crippen molar-refractivity contribution in [2.45, 2.75) is 52.7 Å². The molecule has 0 spiro atoms. The summed E-state index contributed by atoms with van der Waals surface area (Å²) in [6.45, 7) is 8.26. The zero-order valence-corrected chi connectivity index (χ0v) is 13.1. The summed E-state index contributed by atoms with van der Waals surface area (Å²) in [5, 5.41) is 2.85. The van der Waals surface area contributed by atoms with Gasteiger partial charge in [-0.25, -0.2) is 0 Å². The van der Waals surface area contributed by atoms with Gasteiger partial charge < -0.3 is 10.2 Å². The minimum atomic E-state index is -0.428. The van der Waals surface area contributed by atoms with Crippen LogP contribution in [0.25, 0.3) is 0 Å². The van der Waals surface area contributed by atoms with Crippen LogP contribution in [0, 0.1) is 12.8 Å². The van der Waals surface area contributed by atoms with Crippen LogP contribution in [-0.4, -0.2) is 33.8 Å². The van der Waals surface area contributed by atoms with Crippen LogP contribution in [-0.2, 0) is 16.1 Å². The lowest BCUT2D eigenvalue weighted by Gasteiger charge is -2.40. The minimum Gasteiger partial charge on any atom is -0.342 e. The summed E-state index contributed by atoms with van der Waals surface area (Å²) in [4.78, 5) is 30.7. The molecule has 0 saturated carbocycles. The van der Waals surface area contributed by atoms with E-state index in [4.69, 9.17) is 0 Å². The van der Waals surface area contributed by atoms with Crippen LogP contribution in [0.5, 0.6) is 0 Å². The van der Waals surface area contributed by atoms with Crippen LogP contribution in [0.4, 0.5) is 0 Å². The van der Waals surface area contributed by atoms with Gasteiger partial charge in [-0.2, -0.15) is 0 Å². The number of rotatable bonds is 4. The minimum absolute atomic E-state index is 0.00709. The van der Waals surface area contributed by atoms with Crippen molar-refractivity contribution in [3.63, 3.8) is 0 Å². The fourth-order valence-electron chi connectivity index (χ4n) is 2.69. The SMILES string of the molecule is CCC1C(=O)NC(C(C)C)C(=O)N1Cc1ccncc1C. The van der Waals surface area contributed by atoms with Crippen LogP contribution < -0.4 is 5.32 Å². The maximum absolute atomic E-state index is 12.7. The molecule has 1 saturated heterocycles. The molecule has 1 aliphatic rings. The molecule has 1 N–H and O–H groups in total. The fraction of sp³-hybridized carbons (Fsp3) is 0.562. The van der Waals surface area contributed by atoms with Crippen LogP contribution in [0.2, 0.25) is 0 Å². The fourth-order valence-corrected chi connectivity index (χ4v) is 2.69. The van der Waals surface area contributed by atoms with Gasteiger partial charge in [0.15, 0.2) is 0 Å². The average molecular weight is 289 g/mol. The standard InChI is InChI=1S/C16H23N3O2/c1-5-13-15(20)18-14(10(2)3)16(21)19(13)9-12-6-7-17-8-11(12)4/h6-8,10,13-14H,5,9H2,1-4H3,(H,18,20). The summed E-state index contributed by atoms with van der Waals surface area (Å²) in [5.41, 5.74) is 2.07. The van der Waals surface area contributed by atoms with Gasteiger partial charge in [-0.3, -0.25) is 14.6 Å². The number of aromatic nitrogens is 1. The van der Waals surface area contributed by atoms with Crippen molar-refractivity contribution in [2.75, 3.05) is 0 Å². The van der Waals surface area contributed by atoms with Crippen molar-refractivity contribution in [1.82, 2.24) is 15.2 Å². The van der Waals surface area contributed by atoms with Crippen LogP contribution in [0.1, 0.15) is 38.3 Å². The first-order chi connectivity index (χ1) is 9.95. The predicted octanol–water partition coefficient (Wildman–Crippen LogP) is 1.65. The maximum atomic E-state index is 12.7. The Balaban J connectivity index is 2.30. The largest absolute Gasteiger partial charge is 0.342 e. The van der Waals surface area contributed by atoms with Crippen molar-refractivity contribution >= 4 is 11.8 Å². The highest BCUT2D eigenvalue weighted by Gasteiger charge is 2.40. The molecular formula is C16H23N3O2. The third-order valence-electron chi connectivity index (χ3n) is 4.06. The Morgan fingerprint density at radius 1 is 1.38 bits per heavy atom. The summed E-state index contributed by atoms with van der Waals surface area (Å²) >= 11 is 0. The molecule has 1 aromatic heterocycles. The van der Waals surface area contributed by atoms with E-state index in [0.29, 0.717) is 13.0 Å². The number of aryl methyl sites for hydroxylation is 1. The second-order valence-corrected chi connectivity index (χ2v) is 5.92. The van der Waals surface area contributed by atoms with Gasteiger partial charge in [0.2, 0.25) is 11.8 Å². The lowest BCUT2D eigenvalue weighted by Crippen LogP contribution is -2.64. The molecule has 0 bridgehead atoms. The molecule has 0 aliphatic carbocycles. The molecule has 114 valence electrons. The average Bonchev–Trinajstić information content (AvgIpc) is 2.44. The number of pyridine rings is 1. The number of amides is 2. The Morgan fingerprint density at radius 2 is 2.10 bits per heavy atom. The highest BCUT2D eigenvalue weighted by molar-refractivity contribution is 5.97. The molecule has 2 unspecified atom stereocenters. The summed E-state index contributed by atoms with van der Waals surface area (Å²) in [6, 6.07) is 1.09. The van der Waals surface area contributed by atoms with E-state index in [-0.39, 0.29) is 23.8 Å². The van der Waals surface area contributed by atoms with E-state index < -0.39 is 6.04 Å². The van der Waals surface area contributed by atoms with Gasteiger partial charge in [0.05, 0.1) is 0 Å². The second kappa shape index (κ2) is 6.24. The van der Waals surface area contributed by atoms with E-state index in [1.165, 1.54) is 0 Å². The molecule has 5 nitrogen and oxygen atoms in total. The van der Waals surface area contributed by atoms with Crippen molar-refractivity contribution < 1.29 is 9.59 Å². The summed E-state index contributed by atoms with van der Waals surface area (Å²) < 4.78 is 0. The number of carbonyl (C=O) groups is 2. The Kier molecular flexibility index (Phi) is 4.60. The van der Waals surface area contributed by atoms with E-state index in [2.05, 4.69) is 10.3 Å². The first-order valence-electron chi connectivity index (χ1n) is 7.46. The van der Waals surface area contributed by atoms with Gasteiger partial charge in [-0.1, -0.05) is 20.8 Å². The van der Waals surface area contributed by atoms with E-state index in [9.17, 15) is 9.59 Å². The number of hydrogen-bond acceptors (Lipinski definition) is 3. The van der Waals surface area contributed by atoms with Gasteiger partial charge in [0, 0.05) is 18.9 Å². The number of nitrogens with zero attached hydrogens (tertiary/aromatic N) is 2. The van der Waals surface area contributed by atoms with Gasteiger partial charge in [-0.05, 0) is 36.5 Å². The number of piperazine rings is 1. The monoisotopic (exact) mass is 289 g/mol. The Bertz CT molecular complexity index is 542. The topological polar surface area (TPSA) is 62.3 Å². The van der Waals surface area contributed by atoms with Crippen LogP contribution in [0.15, 0.2) is 18.5 Å². The van der Waals surface area contributed by atoms with Crippen LogP contribution >= 0.6 is 0 Å². The summed E-state index contributed by atoms with van der Waals surface area (Å²) in [6.07, 6.45) is 4.12. The molecule has 1 aliphatic heterocycles. The molecule has 1 fully saturated rings. The molecule has 2 atom stereocenters. The zero-order valence-electron chi connectivity index (χ0n) is 13.1. The highest BCUT2D eigenvalue weighted by Crippen LogP contribution is 2.21. The van der Waals surface area contributed by atoms with E-state index in [1.807, 2.05) is 33.8 Å². The lowest BCUT2D eigenvalue weighted by atomic mass is 9.96. The quantitative estimate of drug-likeness (QED) is 0.917. The molecule has 1 aromatic rings. The molecule has 0 aromatic carbocycles. The van der Waals surface area contributed by atoms with E-state index in [0.717, 1.165) is 11.1 Å². The maximum Gasteiger partial charge on any atom is 0.246 e. The first kappa shape index (κ1) is 15.5. The van der Waals surface area contributed by atoms with Crippen molar-refractivity contribution in [3.05, 3.63) is 29.6 Å². The highest BCUT2D eigenvalue weighted by atomic mass is 16.2. The third-order valence-corrected chi connectivity index (χ3v) is 4.06. The molecule has 2 rings (SSSR count). The number of hydrogen-bond donors (Lipinski definition) is 1. The van der Waals surface area contributed by atoms with Gasteiger partial charge >= 0.3 is 0 Å². The second-order valence-electron chi connectivity index (χ2n) is 5.92. The Morgan fingerprint density at radius 3 is 2.67 bits per heavy atom. The normalized spacial score (nSPS) is 22.6. The molecule has 5 heteroatoms. The Hall–Kier alpha value is -1.91. The third kappa shape index (κ3) is 3.06. The molecule has 2 amide bonds. The number of carbonyl (C=O) groups excluding carboxylic acids is 2. The summed E-state index contributed by atoms with van der Waals surface area (Å²) in [5.74, 6) is 0.0375. The first-order valence-corrected chi connectivity index (χ1v) is 7.46. The van der Waals surface area contributed by atoms with Crippen molar-refractivity contribution in [1.29, 1.82) is 0 Å². The number of nitrogens with one attached hydrogen (secondary N) is 1. The van der Waals surface area contributed by atoms with Gasteiger partial charge in [0.25, 0.3) is 0 Å².